The van der Waals surface area contributed by atoms with Crippen LogP contribution in [0.5, 0.6) is 0 Å². The fourth-order valence-corrected chi connectivity index (χ4v) is 1.30. The van der Waals surface area contributed by atoms with Gasteiger partial charge < -0.3 is 15.5 Å². The molecule has 1 atom stereocenters. The van der Waals surface area contributed by atoms with Gasteiger partial charge in [0.05, 0.1) is 6.61 Å². The molecule has 1 amide bonds. The molecule has 0 saturated heterocycles. The van der Waals surface area contributed by atoms with E-state index in [1.807, 2.05) is 0 Å². The number of rotatable bonds is 4. The van der Waals surface area contributed by atoms with Crippen LogP contribution in [-0.4, -0.2) is 39.7 Å². The van der Waals surface area contributed by atoms with E-state index in [0.29, 0.717) is 4.60 Å². The third-order valence-corrected chi connectivity index (χ3v) is 2.18. The molecule has 0 aliphatic carbocycles. The number of carbonyl (C=O) groups is 2. The second-order valence-corrected chi connectivity index (χ2v) is 3.70. The summed E-state index contributed by atoms with van der Waals surface area (Å²) < 4.78 is 0.469. The lowest BCUT2D eigenvalue weighted by molar-refractivity contribution is -0.140. The van der Waals surface area contributed by atoms with Gasteiger partial charge in [-0.25, -0.2) is 9.78 Å². The molecule has 0 fully saturated rings. The van der Waals surface area contributed by atoms with Gasteiger partial charge in [0.25, 0.3) is 5.91 Å². The third kappa shape index (κ3) is 3.28. The van der Waals surface area contributed by atoms with Crippen LogP contribution in [0.3, 0.4) is 0 Å². The van der Waals surface area contributed by atoms with Crippen molar-refractivity contribution < 1.29 is 19.8 Å². The fourth-order valence-electron chi connectivity index (χ4n) is 0.952. The number of aliphatic carboxylic acids is 1. The van der Waals surface area contributed by atoms with Crippen LogP contribution in [0.15, 0.2) is 22.8 Å². The molecule has 0 aromatic carbocycles. The molecule has 7 heteroatoms. The molecule has 3 N–H and O–H groups in total. The predicted octanol–water partition coefficient (Wildman–Crippen LogP) is 0.0194. The summed E-state index contributed by atoms with van der Waals surface area (Å²) in [5.41, 5.74) is 0.0778. The minimum atomic E-state index is -1.33. The van der Waals surface area contributed by atoms with Crippen LogP contribution in [0.2, 0.25) is 0 Å². The number of amides is 1. The number of hydrogen-bond acceptors (Lipinski definition) is 4. The normalized spacial score (nSPS) is 11.9. The molecule has 0 aliphatic rings. The first-order valence-corrected chi connectivity index (χ1v) is 5.11. The van der Waals surface area contributed by atoms with Crippen LogP contribution >= 0.6 is 15.9 Å². The number of carboxylic acid groups (broad SMARTS) is 1. The molecular formula is C9H9BrN2O4. The number of halogens is 1. The van der Waals surface area contributed by atoms with Crippen molar-refractivity contribution in [1.82, 2.24) is 10.3 Å². The SMILES string of the molecule is O=C(N[C@@H](CO)C(=O)O)c1cccc(Br)n1. The minimum absolute atomic E-state index is 0.0778. The van der Waals surface area contributed by atoms with Crippen molar-refractivity contribution in [3.8, 4) is 0 Å². The summed E-state index contributed by atoms with van der Waals surface area (Å²) in [5, 5.41) is 19.5. The van der Waals surface area contributed by atoms with Gasteiger partial charge in [-0.1, -0.05) is 6.07 Å². The van der Waals surface area contributed by atoms with Crippen LogP contribution in [-0.2, 0) is 4.79 Å². The highest BCUT2D eigenvalue weighted by molar-refractivity contribution is 9.10. The van der Waals surface area contributed by atoms with Gasteiger partial charge in [-0.3, -0.25) is 4.79 Å². The number of aliphatic hydroxyl groups is 1. The highest BCUT2D eigenvalue weighted by Crippen LogP contribution is 2.06. The second-order valence-electron chi connectivity index (χ2n) is 2.89. The van der Waals surface area contributed by atoms with Crippen molar-refractivity contribution in [2.75, 3.05) is 6.61 Å². The molecule has 86 valence electrons. The maximum Gasteiger partial charge on any atom is 0.328 e. The van der Waals surface area contributed by atoms with Gasteiger partial charge in [0, 0.05) is 0 Å². The van der Waals surface area contributed by atoms with Crippen LogP contribution in [0.25, 0.3) is 0 Å². The number of nitrogens with one attached hydrogen (secondary N) is 1. The second kappa shape index (κ2) is 5.57. The van der Waals surface area contributed by atoms with Gasteiger partial charge >= 0.3 is 5.97 Å². The number of pyridine rings is 1. The summed E-state index contributed by atoms with van der Waals surface area (Å²) in [5.74, 6) is -1.95. The zero-order chi connectivity index (χ0) is 12.1. The van der Waals surface area contributed by atoms with E-state index in [1.54, 1.807) is 12.1 Å². The molecule has 16 heavy (non-hydrogen) atoms. The topological polar surface area (TPSA) is 99.5 Å². The zero-order valence-corrected chi connectivity index (χ0v) is 9.64. The minimum Gasteiger partial charge on any atom is -0.480 e. The summed E-state index contributed by atoms with van der Waals surface area (Å²) >= 11 is 3.09. The molecule has 0 aliphatic heterocycles. The Morgan fingerprint density at radius 2 is 2.19 bits per heavy atom. The molecule has 0 saturated carbocycles. The van der Waals surface area contributed by atoms with Crippen LogP contribution in [0.4, 0.5) is 0 Å². The lowest BCUT2D eigenvalue weighted by atomic mass is 10.3. The number of hydrogen-bond donors (Lipinski definition) is 3. The van der Waals surface area contributed by atoms with Gasteiger partial charge in [-0.05, 0) is 28.1 Å². The molecule has 1 rings (SSSR count). The van der Waals surface area contributed by atoms with E-state index in [2.05, 4.69) is 26.2 Å². The number of nitrogens with zero attached hydrogens (tertiary/aromatic N) is 1. The summed E-state index contributed by atoms with van der Waals surface area (Å²) in [4.78, 5) is 25.9. The van der Waals surface area contributed by atoms with E-state index in [9.17, 15) is 9.59 Å². The smallest absolute Gasteiger partial charge is 0.328 e. The number of carboxylic acids is 1. The summed E-state index contributed by atoms with van der Waals surface area (Å²) in [6.45, 7) is -0.672. The maximum atomic E-state index is 11.5. The Morgan fingerprint density at radius 1 is 1.50 bits per heavy atom. The molecule has 0 unspecified atom stereocenters. The van der Waals surface area contributed by atoms with Crippen molar-refractivity contribution >= 4 is 27.8 Å². The highest BCUT2D eigenvalue weighted by Gasteiger charge is 2.20. The van der Waals surface area contributed by atoms with Gasteiger partial charge in [0.15, 0.2) is 6.04 Å². The maximum absolute atomic E-state index is 11.5. The Labute approximate surface area is 99.4 Å². The number of carbonyl (C=O) groups excluding carboxylic acids is 1. The molecule has 1 aromatic rings. The van der Waals surface area contributed by atoms with Crippen molar-refractivity contribution in [3.63, 3.8) is 0 Å². The van der Waals surface area contributed by atoms with E-state index in [4.69, 9.17) is 10.2 Å². The summed E-state index contributed by atoms with van der Waals surface area (Å²) in [6, 6.07) is 3.35. The monoisotopic (exact) mass is 288 g/mol. The zero-order valence-electron chi connectivity index (χ0n) is 8.05. The van der Waals surface area contributed by atoms with E-state index in [0.717, 1.165) is 0 Å². The molecule has 1 heterocycles. The van der Waals surface area contributed by atoms with Crippen LogP contribution < -0.4 is 5.32 Å². The van der Waals surface area contributed by atoms with E-state index >= 15 is 0 Å². The van der Waals surface area contributed by atoms with Crippen LogP contribution in [0, 0.1) is 0 Å². The molecule has 1 aromatic heterocycles. The average molecular weight is 289 g/mol. The van der Waals surface area contributed by atoms with Gasteiger partial charge in [0.2, 0.25) is 0 Å². The van der Waals surface area contributed by atoms with Crippen molar-refractivity contribution in [3.05, 3.63) is 28.5 Å². The van der Waals surface area contributed by atoms with E-state index in [1.165, 1.54) is 6.07 Å². The van der Waals surface area contributed by atoms with Crippen molar-refractivity contribution in [2.24, 2.45) is 0 Å². The lowest BCUT2D eigenvalue weighted by Crippen LogP contribution is -2.43. The van der Waals surface area contributed by atoms with Crippen molar-refractivity contribution in [2.45, 2.75) is 6.04 Å². The molecular weight excluding hydrogens is 280 g/mol. The van der Waals surface area contributed by atoms with Gasteiger partial charge in [-0.15, -0.1) is 0 Å². The number of aromatic nitrogens is 1. The Balaban J connectivity index is 2.75. The van der Waals surface area contributed by atoms with E-state index < -0.39 is 24.5 Å². The first-order valence-electron chi connectivity index (χ1n) is 4.31. The quantitative estimate of drug-likeness (QED) is 0.679. The third-order valence-electron chi connectivity index (χ3n) is 1.73. The molecule has 0 spiro atoms. The van der Waals surface area contributed by atoms with Gasteiger partial charge in [-0.2, -0.15) is 0 Å². The standard InChI is InChI=1S/C9H9BrN2O4/c10-7-3-1-2-5(11-7)8(14)12-6(4-13)9(15)16/h1-3,6,13H,4H2,(H,12,14)(H,15,16)/t6-/m0/s1. The lowest BCUT2D eigenvalue weighted by Gasteiger charge is -2.10. The molecule has 0 radical (unpaired) electrons. The first-order chi connectivity index (χ1) is 7.54. The Kier molecular flexibility index (Phi) is 4.39. The summed E-state index contributed by atoms with van der Waals surface area (Å²) in [6.07, 6.45) is 0. The largest absolute Gasteiger partial charge is 0.480 e. The first kappa shape index (κ1) is 12.6. The average Bonchev–Trinajstić information content (AvgIpc) is 2.25. The predicted molar refractivity (Wildman–Crippen MR) is 57.9 cm³/mol. The summed E-state index contributed by atoms with van der Waals surface area (Å²) in [7, 11) is 0. The van der Waals surface area contributed by atoms with Gasteiger partial charge in [0.1, 0.15) is 10.3 Å². The highest BCUT2D eigenvalue weighted by atomic mass is 79.9. The number of aliphatic hydroxyl groups excluding tert-OH is 1. The Hall–Kier alpha value is -1.47. The Morgan fingerprint density at radius 3 is 2.69 bits per heavy atom. The molecule has 0 bridgehead atoms. The Bertz CT molecular complexity index is 410. The fraction of sp³-hybridized carbons (Fsp3) is 0.222. The van der Waals surface area contributed by atoms with E-state index in [-0.39, 0.29) is 5.69 Å². The molecule has 6 nitrogen and oxygen atoms in total. The van der Waals surface area contributed by atoms with Crippen molar-refractivity contribution in [1.29, 1.82) is 0 Å². The van der Waals surface area contributed by atoms with Crippen LogP contribution in [0.1, 0.15) is 10.5 Å².